The molecule has 2 aromatic carbocycles. The summed E-state index contributed by atoms with van der Waals surface area (Å²) in [6.07, 6.45) is 0. The van der Waals surface area contributed by atoms with Gasteiger partial charge in [-0.05, 0) is 48.6 Å². The second-order valence-corrected chi connectivity index (χ2v) is 9.71. The molecule has 1 N–H and O–H groups in total. The molecule has 0 spiro atoms. The molecular weight excluding hydrogens is 442 g/mol. The summed E-state index contributed by atoms with van der Waals surface area (Å²) in [7, 11) is 0. The maximum absolute atomic E-state index is 13.4. The van der Waals surface area contributed by atoms with Gasteiger partial charge in [-0.2, -0.15) is 0 Å². The Morgan fingerprint density at radius 3 is 2.17 bits per heavy atom. The highest BCUT2D eigenvalue weighted by Crippen LogP contribution is 2.31. The van der Waals surface area contributed by atoms with Crippen LogP contribution in [0, 0.1) is 18.8 Å². The molecule has 4 nitrogen and oxygen atoms in total. The number of benzene rings is 2. The quantitative estimate of drug-likeness (QED) is 0.435. The molecule has 0 bridgehead atoms. The molecule has 3 aromatic rings. The number of fused-ring (bicyclic) bond motifs is 1. The van der Waals surface area contributed by atoms with E-state index in [-0.39, 0.29) is 11.2 Å². The molecule has 0 saturated heterocycles. The van der Waals surface area contributed by atoms with E-state index in [4.69, 9.17) is 4.42 Å². The molecule has 160 valence electrons. The Labute approximate surface area is 186 Å². The average Bonchev–Trinajstić information content (AvgIpc) is 2.64. The van der Waals surface area contributed by atoms with E-state index in [0.29, 0.717) is 46.2 Å². The van der Waals surface area contributed by atoms with Gasteiger partial charge in [-0.1, -0.05) is 55.8 Å². The zero-order valence-corrected chi connectivity index (χ0v) is 19.9. The molecule has 0 amide bonds. The summed E-state index contributed by atoms with van der Waals surface area (Å²) in [6, 6.07) is 10.9. The van der Waals surface area contributed by atoms with Crippen LogP contribution in [0.3, 0.4) is 0 Å². The summed E-state index contributed by atoms with van der Waals surface area (Å²) in [4.78, 5) is 15.7. The van der Waals surface area contributed by atoms with Crippen LogP contribution in [0.2, 0.25) is 0 Å². The minimum atomic E-state index is -0.0726. The number of halogens is 1. The molecule has 1 heterocycles. The van der Waals surface area contributed by atoms with Gasteiger partial charge >= 0.3 is 0 Å². The lowest BCUT2D eigenvalue weighted by Crippen LogP contribution is -2.31. The number of aryl methyl sites for hydroxylation is 1. The van der Waals surface area contributed by atoms with Gasteiger partial charge in [0, 0.05) is 24.1 Å². The number of nitrogens with zero attached hydrogens (tertiary/aromatic N) is 1. The molecule has 0 aliphatic rings. The summed E-state index contributed by atoms with van der Waals surface area (Å²) in [5.41, 5.74) is 2.47. The monoisotopic (exact) mass is 471 g/mol. The summed E-state index contributed by atoms with van der Waals surface area (Å²) >= 11 is 3.43. The molecule has 0 aliphatic carbocycles. The predicted octanol–water partition coefficient (Wildman–Crippen LogP) is 6.35. The van der Waals surface area contributed by atoms with E-state index in [9.17, 15) is 9.90 Å². The Bertz CT molecular complexity index is 1070. The summed E-state index contributed by atoms with van der Waals surface area (Å²) in [5, 5.41) is 11.1. The van der Waals surface area contributed by atoms with E-state index in [1.165, 1.54) is 0 Å². The van der Waals surface area contributed by atoms with Gasteiger partial charge in [-0.3, -0.25) is 9.69 Å². The lowest BCUT2D eigenvalue weighted by molar-refractivity contribution is 0.209. The van der Waals surface area contributed by atoms with Gasteiger partial charge in [0.05, 0.1) is 16.5 Å². The van der Waals surface area contributed by atoms with Gasteiger partial charge in [-0.25, -0.2) is 0 Å². The highest BCUT2D eigenvalue weighted by molar-refractivity contribution is 9.10. The molecule has 30 heavy (non-hydrogen) atoms. The molecule has 0 fully saturated rings. The van der Waals surface area contributed by atoms with E-state index in [0.717, 1.165) is 23.1 Å². The Kier molecular flexibility index (Phi) is 7.04. The van der Waals surface area contributed by atoms with Crippen LogP contribution in [0.15, 0.2) is 50.1 Å². The van der Waals surface area contributed by atoms with Crippen molar-refractivity contribution >= 4 is 26.9 Å². The SMILES string of the molecule is Cc1oc2c(CN(CC(C)C)CC(C)C)c(O)ccc2c(=O)c1-c1ccc(Br)cc1. The topological polar surface area (TPSA) is 53.7 Å². The predicted molar refractivity (Wildman–Crippen MR) is 127 cm³/mol. The lowest BCUT2D eigenvalue weighted by Gasteiger charge is -2.26. The third-order valence-corrected chi connectivity index (χ3v) is 5.60. The van der Waals surface area contributed by atoms with Crippen molar-refractivity contribution in [2.24, 2.45) is 11.8 Å². The normalized spacial score (nSPS) is 11.9. The van der Waals surface area contributed by atoms with Crippen LogP contribution in [0.25, 0.3) is 22.1 Å². The molecule has 3 rings (SSSR count). The van der Waals surface area contributed by atoms with Crippen molar-refractivity contribution in [1.82, 2.24) is 4.90 Å². The minimum Gasteiger partial charge on any atom is -0.507 e. The van der Waals surface area contributed by atoms with Crippen molar-refractivity contribution in [3.63, 3.8) is 0 Å². The number of hydrogen-bond acceptors (Lipinski definition) is 4. The molecule has 0 radical (unpaired) electrons. The van der Waals surface area contributed by atoms with Crippen molar-refractivity contribution in [2.75, 3.05) is 13.1 Å². The maximum Gasteiger partial charge on any atom is 0.200 e. The van der Waals surface area contributed by atoms with Crippen LogP contribution in [-0.2, 0) is 6.54 Å². The number of aromatic hydroxyl groups is 1. The van der Waals surface area contributed by atoms with Gasteiger partial charge in [0.15, 0.2) is 0 Å². The zero-order chi connectivity index (χ0) is 22.0. The molecule has 0 aliphatic heterocycles. The molecular formula is C25H30BrNO3. The van der Waals surface area contributed by atoms with E-state index in [1.807, 2.05) is 31.2 Å². The van der Waals surface area contributed by atoms with Crippen LogP contribution in [0.5, 0.6) is 5.75 Å². The van der Waals surface area contributed by atoms with Crippen LogP contribution in [0.1, 0.15) is 39.0 Å². The first-order valence-corrected chi connectivity index (χ1v) is 11.2. The Balaban J connectivity index is 2.13. The number of phenolic OH excluding ortho intramolecular Hbond substituents is 1. The summed E-state index contributed by atoms with van der Waals surface area (Å²) < 4.78 is 7.14. The van der Waals surface area contributed by atoms with Gasteiger partial charge in [0.1, 0.15) is 17.1 Å². The fourth-order valence-corrected chi connectivity index (χ4v) is 4.24. The van der Waals surface area contributed by atoms with E-state index >= 15 is 0 Å². The third kappa shape index (κ3) is 4.96. The van der Waals surface area contributed by atoms with E-state index in [2.05, 4.69) is 48.5 Å². The van der Waals surface area contributed by atoms with Crippen molar-refractivity contribution in [3.8, 4) is 16.9 Å². The Hall–Kier alpha value is -2.11. The lowest BCUT2D eigenvalue weighted by atomic mass is 10.0. The highest BCUT2D eigenvalue weighted by atomic mass is 79.9. The van der Waals surface area contributed by atoms with Crippen molar-refractivity contribution < 1.29 is 9.52 Å². The van der Waals surface area contributed by atoms with Crippen LogP contribution < -0.4 is 5.43 Å². The van der Waals surface area contributed by atoms with Crippen molar-refractivity contribution in [2.45, 2.75) is 41.2 Å². The standard InChI is InChI=1S/C25H30BrNO3/c1-15(2)12-27(13-16(3)4)14-21-22(28)11-10-20-24(29)23(17(5)30-25(20)21)18-6-8-19(26)9-7-18/h6-11,15-16,28H,12-14H2,1-5H3. The van der Waals surface area contributed by atoms with Crippen LogP contribution in [-0.4, -0.2) is 23.1 Å². The first-order chi connectivity index (χ1) is 14.2. The molecule has 5 heteroatoms. The average molecular weight is 472 g/mol. The van der Waals surface area contributed by atoms with Crippen LogP contribution in [0.4, 0.5) is 0 Å². The number of rotatable bonds is 7. The van der Waals surface area contributed by atoms with Gasteiger partial charge in [0.2, 0.25) is 5.43 Å². The fourth-order valence-electron chi connectivity index (χ4n) is 3.98. The summed E-state index contributed by atoms with van der Waals surface area (Å²) in [5.74, 6) is 1.72. The van der Waals surface area contributed by atoms with Gasteiger partial charge in [0.25, 0.3) is 0 Å². The van der Waals surface area contributed by atoms with Crippen LogP contribution >= 0.6 is 15.9 Å². The number of phenols is 1. The Morgan fingerprint density at radius 2 is 1.60 bits per heavy atom. The maximum atomic E-state index is 13.4. The van der Waals surface area contributed by atoms with Gasteiger partial charge in [-0.15, -0.1) is 0 Å². The van der Waals surface area contributed by atoms with E-state index < -0.39 is 0 Å². The largest absolute Gasteiger partial charge is 0.507 e. The minimum absolute atomic E-state index is 0.0726. The first-order valence-electron chi connectivity index (χ1n) is 10.4. The second kappa shape index (κ2) is 9.36. The third-order valence-electron chi connectivity index (χ3n) is 5.08. The molecule has 0 saturated carbocycles. The molecule has 0 atom stereocenters. The van der Waals surface area contributed by atoms with Gasteiger partial charge < -0.3 is 9.52 Å². The van der Waals surface area contributed by atoms with E-state index in [1.54, 1.807) is 12.1 Å². The van der Waals surface area contributed by atoms with Crippen molar-refractivity contribution in [1.29, 1.82) is 0 Å². The fraction of sp³-hybridized carbons (Fsp3) is 0.400. The summed E-state index contributed by atoms with van der Waals surface area (Å²) in [6.45, 7) is 12.9. The smallest absolute Gasteiger partial charge is 0.200 e. The first kappa shape index (κ1) is 22.6. The Morgan fingerprint density at radius 1 is 1.00 bits per heavy atom. The number of hydrogen-bond donors (Lipinski definition) is 1. The van der Waals surface area contributed by atoms with Crippen molar-refractivity contribution in [3.05, 3.63) is 62.4 Å². The molecule has 1 aromatic heterocycles. The molecule has 0 unspecified atom stereocenters. The zero-order valence-electron chi connectivity index (χ0n) is 18.3. The second-order valence-electron chi connectivity index (χ2n) is 8.79. The highest BCUT2D eigenvalue weighted by Gasteiger charge is 2.20.